The molecule has 0 radical (unpaired) electrons. The van der Waals surface area contributed by atoms with Gasteiger partial charge in [-0.05, 0) is 38.2 Å². The molecule has 1 fully saturated rings. The van der Waals surface area contributed by atoms with Crippen LogP contribution in [0.4, 0.5) is 0 Å². The molecule has 0 unspecified atom stereocenters. The van der Waals surface area contributed by atoms with Crippen LogP contribution in [0.2, 0.25) is 0 Å². The normalized spacial score (nSPS) is 18.6. The van der Waals surface area contributed by atoms with E-state index in [1.54, 1.807) is 0 Å². The minimum absolute atomic E-state index is 0.295. The van der Waals surface area contributed by atoms with Gasteiger partial charge >= 0.3 is 15.2 Å². The Hall–Kier alpha value is -0.0000000000000000416. The van der Waals surface area contributed by atoms with Crippen molar-refractivity contribution in [2.75, 3.05) is 0 Å². The fourth-order valence-electron chi connectivity index (χ4n) is 2.02. The molecule has 17 heavy (non-hydrogen) atoms. The Balaban J connectivity index is 3.41. The van der Waals surface area contributed by atoms with Gasteiger partial charge in [0.25, 0.3) is 5.08 Å². The Morgan fingerprint density at radius 3 is 1.71 bits per heavy atom. The standard InChI is InChI=1S/C8H16O7P2/c1-6(7-4-2-3-5-7)8(9,16(10,11)12)17(13,14)15/h9H,2-5H2,1H3,(H2,10,11,12)(H2,13,14,15). The Bertz CT molecular complexity index is 399. The highest BCUT2D eigenvalue weighted by atomic mass is 31.2. The summed E-state index contributed by atoms with van der Waals surface area (Å²) < 4.78 is 22.4. The predicted octanol–water partition coefficient (Wildman–Crippen LogP) is 0.878. The van der Waals surface area contributed by atoms with Crippen LogP contribution < -0.4 is 0 Å². The molecule has 0 aromatic rings. The molecular formula is C8H16O7P2. The molecule has 1 rings (SSSR count). The van der Waals surface area contributed by atoms with Crippen molar-refractivity contribution >= 4 is 15.2 Å². The van der Waals surface area contributed by atoms with E-state index >= 15 is 0 Å². The summed E-state index contributed by atoms with van der Waals surface area (Å²) in [6.45, 7) is 1.17. The number of aliphatic hydroxyl groups is 1. The van der Waals surface area contributed by atoms with Crippen molar-refractivity contribution in [2.24, 2.45) is 0 Å². The summed E-state index contributed by atoms with van der Waals surface area (Å²) in [6, 6.07) is 0. The third kappa shape index (κ3) is 2.56. The highest BCUT2D eigenvalue weighted by molar-refractivity contribution is 7.72. The van der Waals surface area contributed by atoms with E-state index in [1.165, 1.54) is 6.92 Å². The molecule has 0 bridgehead atoms. The Labute approximate surface area is 98.5 Å². The SMILES string of the molecule is CC(=C1CCCC1)C(O)(P(=O)(O)O)P(=O)(O)O. The second-order valence-corrected chi connectivity index (χ2v) is 7.98. The summed E-state index contributed by atoms with van der Waals surface area (Å²) in [5, 5.41) is 6.44. The number of rotatable bonds is 3. The van der Waals surface area contributed by atoms with Gasteiger partial charge in [-0.3, -0.25) is 9.13 Å². The molecule has 1 aliphatic rings. The van der Waals surface area contributed by atoms with Gasteiger partial charge in [0.1, 0.15) is 0 Å². The average molecular weight is 286 g/mol. The second kappa shape index (κ2) is 4.59. The first-order valence-electron chi connectivity index (χ1n) is 5.04. The van der Waals surface area contributed by atoms with Crippen molar-refractivity contribution in [2.45, 2.75) is 37.7 Å². The Morgan fingerprint density at radius 1 is 1.06 bits per heavy atom. The van der Waals surface area contributed by atoms with Crippen LogP contribution in [0.5, 0.6) is 0 Å². The summed E-state index contributed by atoms with van der Waals surface area (Å²) in [5.74, 6) is 0. The monoisotopic (exact) mass is 286 g/mol. The zero-order chi connectivity index (χ0) is 13.5. The molecule has 9 heteroatoms. The van der Waals surface area contributed by atoms with Crippen molar-refractivity contribution in [1.82, 2.24) is 0 Å². The first kappa shape index (κ1) is 15.1. The van der Waals surface area contributed by atoms with Crippen LogP contribution >= 0.6 is 15.2 Å². The van der Waals surface area contributed by atoms with Crippen molar-refractivity contribution in [3.63, 3.8) is 0 Å². The molecule has 0 saturated heterocycles. The molecule has 0 aromatic carbocycles. The second-order valence-electron chi connectivity index (χ2n) is 4.16. The number of allylic oxidation sites excluding steroid dienone is 1. The van der Waals surface area contributed by atoms with Gasteiger partial charge < -0.3 is 24.7 Å². The van der Waals surface area contributed by atoms with Crippen LogP contribution in [0.3, 0.4) is 0 Å². The van der Waals surface area contributed by atoms with Gasteiger partial charge in [0.2, 0.25) is 0 Å². The van der Waals surface area contributed by atoms with Gasteiger partial charge in [0, 0.05) is 0 Å². The lowest BCUT2D eigenvalue weighted by Crippen LogP contribution is -2.30. The average Bonchev–Trinajstić information content (AvgIpc) is 2.64. The predicted molar refractivity (Wildman–Crippen MR) is 60.2 cm³/mol. The van der Waals surface area contributed by atoms with Gasteiger partial charge in [0.05, 0.1) is 0 Å². The van der Waals surface area contributed by atoms with Crippen LogP contribution in [-0.4, -0.2) is 29.8 Å². The zero-order valence-electron chi connectivity index (χ0n) is 9.28. The first-order valence-corrected chi connectivity index (χ1v) is 8.27. The quantitative estimate of drug-likeness (QED) is 0.384. The van der Waals surface area contributed by atoms with Crippen LogP contribution in [0.1, 0.15) is 32.6 Å². The molecule has 0 atom stereocenters. The summed E-state index contributed by atoms with van der Waals surface area (Å²) in [4.78, 5) is 36.2. The lowest BCUT2D eigenvalue weighted by atomic mass is 10.1. The van der Waals surface area contributed by atoms with Crippen LogP contribution in [0, 0.1) is 0 Å². The summed E-state index contributed by atoms with van der Waals surface area (Å²) in [5.41, 5.74) is 0.218. The lowest BCUT2D eigenvalue weighted by molar-refractivity contribution is 0.157. The van der Waals surface area contributed by atoms with E-state index in [0.29, 0.717) is 18.4 Å². The number of hydrogen-bond acceptors (Lipinski definition) is 3. The molecular weight excluding hydrogens is 270 g/mol. The first-order chi connectivity index (χ1) is 7.52. The maximum absolute atomic E-state index is 11.2. The molecule has 1 saturated carbocycles. The largest absolute Gasteiger partial charge is 0.373 e. The molecule has 100 valence electrons. The summed E-state index contributed by atoms with van der Waals surface area (Å²) in [6.07, 6.45) is 2.55. The van der Waals surface area contributed by atoms with E-state index in [2.05, 4.69) is 0 Å². The maximum Gasteiger partial charge on any atom is 0.373 e. The third-order valence-electron chi connectivity index (χ3n) is 3.05. The molecule has 7 nitrogen and oxygen atoms in total. The van der Waals surface area contributed by atoms with Crippen molar-refractivity contribution < 1.29 is 33.8 Å². The highest BCUT2D eigenvalue weighted by Crippen LogP contribution is 2.71. The molecule has 0 aromatic heterocycles. The van der Waals surface area contributed by atoms with Gasteiger partial charge in [-0.1, -0.05) is 5.57 Å². The van der Waals surface area contributed by atoms with Gasteiger partial charge in [-0.25, -0.2) is 0 Å². The Morgan fingerprint density at radius 2 is 1.41 bits per heavy atom. The van der Waals surface area contributed by atoms with E-state index < -0.39 is 20.3 Å². The highest BCUT2D eigenvalue weighted by Gasteiger charge is 2.61. The zero-order valence-corrected chi connectivity index (χ0v) is 11.1. The minimum Gasteiger partial charge on any atom is -0.364 e. The molecule has 0 spiro atoms. The van der Waals surface area contributed by atoms with E-state index in [4.69, 9.17) is 19.6 Å². The van der Waals surface area contributed by atoms with Crippen molar-refractivity contribution in [3.8, 4) is 0 Å². The maximum atomic E-state index is 11.2. The topological polar surface area (TPSA) is 135 Å². The van der Waals surface area contributed by atoms with Gasteiger partial charge in [-0.2, -0.15) is 0 Å². The van der Waals surface area contributed by atoms with E-state index in [9.17, 15) is 14.2 Å². The third-order valence-corrected chi connectivity index (χ3v) is 6.91. The summed E-state index contributed by atoms with van der Waals surface area (Å²) in [7, 11) is -10.8. The summed E-state index contributed by atoms with van der Waals surface area (Å²) >= 11 is 0. The fraction of sp³-hybridized carbons (Fsp3) is 0.750. The smallest absolute Gasteiger partial charge is 0.364 e. The minimum atomic E-state index is -5.38. The molecule has 0 amide bonds. The lowest BCUT2D eigenvalue weighted by Gasteiger charge is -2.31. The molecule has 0 aliphatic heterocycles. The van der Waals surface area contributed by atoms with E-state index in [-0.39, 0.29) is 5.57 Å². The number of hydrogen-bond donors (Lipinski definition) is 5. The van der Waals surface area contributed by atoms with Crippen molar-refractivity contribution in [1.29, 1.82) is 0 Å². The van der Waals surface area contributed by atoms with Gasteiger partial charge in [-0.15, -0.1) is 0 Å². The van der Waals surface area contributed by atoms with Crippen LogP contribution in [-0.2, 0) is 9.13 Å². The van der Waals surface area contributed by atoms with Crippen molar-refractivity contribution in [3.05, 3.63) is 11.1 Å². The van der Waals surface area contributed by atoms with Crippen LogP contribution in [0.25, 0.3) is 0 Å². The molecule has 5 N–H and O–H groups in total. The molecule has 1 aliphatic carbocycles. The van der Waals surface area contributed by atoms with Gasteiger partial charge in [0.15, 0.2) is 0 Å². The molecule has 0 heterocycles. The van der Waals surface area contributed by atoms with E-state index in [0.717, 1.165) is 12.8 Å². The van der Waals surface area contributed by atoms with E-state index in [1.807, 2.05) is 0 Å². The Kier molecular flexibility index (Phi) is 4.07. The fourth-order valence-corrected chi connectivity index (χ4v) is 4.57. The van der Waals surface area contributed by atoms with Crippen LogP contribution in [0.15, 0.2) is 11.1 Å².